The molecule has 0 fully saturated rings. The van der Waals surface area contributed by atoms with Crippen LogP contribution in [0, 0.1) is 20.8 Å². The Kier molecular flexibility index (Phi) is 3.87. The molecule has 0 unspecified atom stereocenters. The van der Waals surface area contributed by atoms with Gasteiger partial charge in [-0.15, -0.1) is 0 Å². The third-order valence-corrected chi connectivity index (χ3v) is 5.40. The third kappa shape index (κ3) is 2.52. The molecule has 0 saturated heterocycles. The van der Waals surface area contributed by atoms with E-state index in [0.717, 1.165) is 11.2 Å². The molecule has 2 aromatic heterocycles. The molecule has 0 radical (unpaired) electrons. The van der Waals surface area contributed by atoms with E-state index in [2.05, 4.69) is 88.8 Å². The van der Waals surface area contributed by atoms with Crippen LogP contribution in [0.4, 0.5) is 0 Å². The van der Waals surface area contributed by atoms with Crippen LogP contribution in [0.2, 0.25) is 0 Å². The molecule has 2 aromatic carbocycles. The quantitative estimate of drug-likeness (QED) is 0.400. The zero-order valence-corrected chi connectivity index (χ0v) is 16.5. The molecule has 0 spiro atoms. The Balaban J connectivity index is 2.07. The average molecular weight is 344 g/mol. The molecule has 0 atom stereocenters. The minimum absolute atomic E-state index is 0.515. The van der Waals surface area contributed by atoms with E-state index in [-0.39, 0.29) is 0 Å². The van der Waals surface area contributed by atoms with Gasteiger partial charge in [0.2, 0.25) is 5.69 Å². The maximum absolute atomic E-state index is 6.36. The predicted molar refractivity (Wildman–Crippen MR) is 109 cm³/mol. The lowest BCUT2D eigenvalue weighted by Gasteiger charge is -2.11. The van der Waals surface area contributed by atoms with Crippen molar-refractivity contribution in [1.29, 1.82) is 0 Å². The summed E-state index contributed by atoms with van der Waals surface area (Å²) in [5.41, 5.74) is 9.52. The van der Waals surface area contributed by atoms with Crippen molar-refractivity contribution in [3.05, 3.63) is 64.8 Å². The molecular formula is C24H26NO+. The number of benzene rings is 2. The molecule has 4 rings (SSSR count). The minimum Gasteiger partial charge on any atom is -0.455 e. The van der Waals surface area contributed by atoms with E-state index in [1.807, 2.05) is 0 Å². The van der Waals surface area contributed by atoms with Crippen molar-refractivity contribution < 1.29 is 8.98 Å². The Bertz CT molecular complexity index is 1150. The highest BCUT2D eigenvalue weighted by atomic mass is 16.3. The SMILES string of the molecule is Cc1ccc2c(c1)oc1c(-c3cc(C)c(C(C)C)c[n+]3C)c(C)ccc12. The highest BCUT2D eigenvalue weighted by Gasteiger charge is 2.22. The summed E-state index contributed by atoms with van der Waals surface area (Å²) in [6.07, 6.45) is 2.26. The number of nitrogens with zero attached hydrogens (tertiary/aromatic N) is 1. The summed E-state index contributed by atoms with van der Waals surface area (Å²) in [6.45, 7) is 11.0. The van der Waals surface area contributed by atoms with E-state index in [0.29, 0.717) is 5.92 Å². The van der Waals surface area contributed by atoms with Gasteiger partial charge in [-0.25, -0.2) is 4.57 Å². The molecular weight excluding hydrogens is 318 g/mol. The molecule has 0 aliphatic carbocycles. The average Bonchev–Trinajstić information content (AvgIpc) is 2.93. The number of fused-ring (bicyclic) bond motifs is 3. The van der Waals surface area contributed by atoms with E-state index in [4.69, 9.17) is 4.42 Å². The zero-order chi connectivity index (χ0) is 18.6. The van der Waals surface area contributed by atoms with Gasteiger partial charge in [0.1, 0.15) is 18.2 Å². The largest absolute Gasteiger partial charge is 0.455 e. The van der Waals surface area contributed by atoms with E-state index >= 15 is 0 Å². The summed E-state index contributed by atoms with van der Waals surface area (Å²) in [6, 6.07) is 13.1. The first kappa shape index (κ1) is 16.8. The molecule has 0 aliphatic heterocycles. The van der Waals surface area contributed by atoms with Gasteiger partial charge in [0.25, 0.3) is 0 Å². The molecule has 2 nitrogen and oxygen atoms in total. The number of rotatable bonds is 2. The minimum atomic E-state index is 0.515. The summed E-state index contributed by atoms with van der Waals surface area (Å²) < 4.78 is 8.60. The lowest BCUT2D eigenvalue weighted by Crippen LogP contribution is -2.32. The molecule has 4 aromatic rings. The van der Waals surface area contributed by atoms with Crippen LogP contribution in [0.5, 0.6) is 0 Å². The van der Waals surface area contributed by atoms with Crippen LogP contribution < -0.4 is 4.57 Å². The lowest BCUT2D eigenvalue weighted by atomic mass is 9.95. The van der Waals surface area contributed by atoms with Gasteiger partial charge in [0.15, 0.2) is 6.20 Å². The highest BCUT2D eigenvalue weighted by molar-refractivity contribution is 6.09. The van der Waals surface area contributed by atoms with Crippen molar-refractivity contribution in [2.75, 3.05) is 0 Å². The zero-order valence-electron chi connectivity index (χ0n) is 16.5. The van der Waals surface area contributed by atoms with Gasteiger partial charge in [0, 0.05) is 22.4 Å². The monoisotopic (exact) mass is 344 g/mol. The van der Waals surface area contributed by atoms with Gasteiger partial charge in [-0.2, -0.15) is 0 Å². The molecule has 0 aliphatic rings. The summed E-state index contributed by atoms with van der Waals surface area (Å²) in [5.74, 6) is 0.515. The van der Waals surface area contributed by atoms with Crippen LogP contribution in [-0.2, 0) is 7.05 Å². The van der Waals surface area contributed by atoms with Crippen LogP contribution >= 0.6 is 0 Å². The van der Waals surface area contributed by atoms with Crippen molar-refractivity contribution in [2.24, 2.45) is 7.05 Å². The number of aryl methyl sites for hydroxylation is 4. The second-order valence-corrected chi connectivity index (χ2v) is 7.80. The van der Waals surface area contributed by atoms with E-state index in [9.17, 15) is 0 Å². The fraction of sp³-hybridized carbons (Fsp3) is 0.292. The van der Waals surface area contributed by atoms with Crippen LogP contribution in [0.3, 0.4) is 0 Å². The van der Waals surface area contributed by atoms with Gasteiger partial charge >= 0.3 is 0 Å². The number of hydrogen-bond donors (Lipinski definition) is 0. The van der Waals surface area contributed by atoms with Crippen molar-refractivity contribution >= 4 is 21.9 Å². The van der Waals surface area contributed by atoms with E-state index in [1.165, 1.54) is 44.3 Å². The fourth-order valence-electron chi connectivity index (χ4n) is 3.99. The molecule has 2 heterocycles. The molecule has 2 heteroatoms. The molecule has 0 amide bonds. The summed E-state index contributed by atoms with van der Waals surface area (Å²) in [4.78, 5) is 0. The second kappa shape index (κ2) is 5.98. The summed E-state index contributed by atoms with van der Waals surface area (Å²) in [5, 5.41) is 2.37. The molecule has 26 heavy (non-hydrogen) atoms. The van der Waals surface area contributed by atoms with Crippen molar-refractivity contribution in [1.82, 2.24) is 0 Å². The number of furan rings is 1. The van der Waals surface area contributed by atoms with Gasteiger partial charge in [0.05, 0.1) is 5.56 Å². The van der Waals surface area contributed by atoms with Crippen molar-refractivity contribution in [3.8, 4) is 11.3 Å². The maximum Gasteiger partial charge on any atom is 0.216 e. The fourth-order valence-corrected chi connectivity index (χ4v) is 3.99. The van der Waals surface area contributed by atoms with E-state index in [1.54, 1.807) is 0 Å². The highest BCUT2D eigenvalue weighted by Crippen LogP contribution is 2.37. The smallest absolute Gasteiger partial charge is 0.216 e. The van der Waals surface area contributed by atoms with Crippen molar-refractivity contribution in [2.45, 2.75) is 40.5 Å². The van der Waals surface area contributed by atoms with Gasteiger partial charge in [-0.3, -0.25) is 0 Å². The Morgan fingerprint density at radius 3 is 2.35 bits per heavy atom. The number of hydrogen-bond acceptors (Lipinski definition) is 1. The van der Waals surface area contributed by atoms with Gasteiger partial charge < -0.3 is 4.42 Å². The van der Waals surface area contributed by atoms with Crippen molar-refractivity contribution in [3.63, 3.8) is 0 Å². The van der Waals surface area contributed by atoms with Crippen LogP contribution in [0.1, 0.15) is 42.0 Å². The maximum atomic E-state index is 6.36. The van der Waals surface area contributed by atoms with Crippen LogP contribution in [-0.4, -0.2) is 0 Å². The molecule has 0 N–H and O–H groups in total. The van der Waals surface area contributed by atoms with E-state index < -0.39 is 0 Å². The first-order chi connectivity index (χ1) is 12.4. The summed E-state index contributed by atoms with van der Waals surface area (Å²) in [7, 11) is 2.13. The molecule has 0 bridgehead atoms. The Labute approximate surface area is 155 Å². The Hall–Kier alpha value is -2.61. The van der Waals surface area contributed by atoms with Gasteiger partial charge in [-0.05, 0) is 49.4 Å². The third-order valence-electron chi connectivity index (χ3n) is 5.40. The Morgan fingerprint density at radius 2 is 1.62 bits per heavy atom. The number of aromatic nitrogens is 1. The predicted octanol–water partition coefficient (Wildman–Crippen LogP) is 6.13. The first-order valence-corrected chi connectivity index (χ1v) is 9.30. The normalized spacial score (nSPS) is 11.8. The Morgan fingerprint density at radius 1 is 0.885 bits per heavy atom. The summed E-state index contributed by atoms with van der Waals surface area (Å²) >= 11 is 0. The lowest BCUT2D eigenvalue weighted by molar-refractivity contribution is -0.660. The molecule has 0 saturated carbocycles. The molecule has 132 valence electrons. The van der Waals surface area contributed by atoms with Crippen LogP contribution in [0.15, 0.2) is 47.0 Å². The number of pyridine rings is 1. The second-order valence-electron chi connectivity index (χ2n) is 7.80. The van der Waals surface area contributed by atoms with Gasteiger partial charge in [-0.1, -0.05) is 38.1 Å². The first-order valence-electron chi connectivity index (χ1n) is 9.30. The van der Waals surface area contributed by atoms with Crippen LogP contribution in [0.25, 0.3) is 33.2 Å². The standard InChI is InChI=1S/C24H26NO/c1-14(2)20-13-25(6)21(12-17(20)5)23-16(4)8-10-19-18-9-7-15(3)11-22(18)26-24(19)23/h7-14H,1-6H3/q+1. The topological polar surface area (TPSA) is 17.0 Å².